The van der Waals surface area contributed by atoms with E-state index in [9.17, 15) is 23.1 Å². The lowest BCUT2D eigenvalue weighted by Crippen LogP contribution is -2.55. The predicted molar refractivity (Wildman–Crippen MR) is 61.5 cm³/mol. The van der Waals surface area contributed by atoms with Crippen molar-refractivity contribution in [2.75, 3.05) is 0 Å². The molecule has 1 aromatic heterocycles. The van der Waals surface area contributed by atoms with E-state index in [0.29, 0.717) is 0 Å². The first-order valence-electron chi connectivity index (χ1n) is 5.66. The summed E-state index contributed by atoms with van der Waals surface area (Å²) in [6.07, 6.45) is -3.41. The number of hydrogen-bond donors (Lipinski definition) is 2. The number of aromatic nitrogens is 2. The van der Waals surface area contributed by atoms with Gasteiger partial charge in [-0.2, -0.15) is 18.3 Å². The van der Waals surface area contributed by atoms with Crippen LogP contribution in [0.15, 0.2) is 12.3 Å². The van der Waals surface area contributed by atoms with Crippen molar-refractivity contribution < 1.29 is 23.1 Å². The fourth-order valence-electron chi connectivity index (χ4n) is 1.74. The second-order valence-corrected chi connectivity index (χ2v) is 4.83. The van der Waals surface area contributed by atoms with Crippen LogP contribution in [0.3, 0.4) is 0 Å². The summed E-state index contributed by atoms with van der Waals surface area (Å²) in [5.41, 5.74) is -2.42. The molecule has 0 saturated heterocycles. The maximum atomic E-state index is 12.4. The Morgan fingerprint density at radius 1 is 1.53 bits per heavy atom. The van der Waals surface area contributed by atoms with Crippen molar-refractivity contribution in [3.63, 3.8) is 0 Å². The topological polar surface area (TPSA) is 67.2 Å². The SMILES string of the molecule is CC(C)NC(C)(Cn1ccc(C(F)(F)F)n1)C(=O)O. The average molecular weight is 279 g/mol. The molecule has 5 nitrogen and oxygen atoms in total. The summed E-state index contributed by atoms with van der Waals surface area (Å²) in [4.78, 5) is 11.2. The van der Waals surface area contributed by atoms with Crippen LogP contribution >= 0.6 is 0 Å². The Morgan fingerprint density at radius 3 is 2.47 bits per heavy atom. The minimum absolute atomic E-state index is 0.126. The van der Waals surface area contributed by atoms with E-state index in [1.54, 1.807) is 13.8 Å². The Kier molecular flexibility index (Phi) is 4.24. The van der Waals surface area contributed by atoms with E-state index >= 15 is 0 Å². The first kappa shape index (κ1) is 15.5. The molecule has 8 heteroatoms. The highest BCUT2D eigenvalue weighted by Gasteiger charge is 2.37. The third-order valence-corrected chi connectivity index (χ3v) is 2.49. The van der Waals surface area contributed by atoms with Crippen LogP contribution < -0.4 is 5.32 Å². The van der Waals surface area contributed by atoms with E-state index < -0.39 is 23.4 Å². The zero-order valence-electron chi connectivity index (χ0n) is 10.8. The van der Waals surface area contributed by atoms with E-state index in [1.807, 2.05) is 0 Å². The fraction of sp³-hybridized carbons (Fsp3) is 0.636. The monoisotopic (exact) mass is 279 g/mol. The quantitative estimate of drug-likeness (QED) is 0.861. The standard InChI is InChI=1S/C11H16F3N3O2/c1-7(2)15-10(3,9(18)19)6-17-5-4-8(16-17)11(12,13)14/h4-5,7,15H,6H2,1-3H3,(H,18,19). The van der Waals surface area contributed by atoms with Gasteiger partial charge in [0, 0.05) is 12.2 Å². The van der Waals surface area contributed by atoms with Crippen molar-refractivity contribution in [1.29, 1.82) is 0 Å². The van der Waals surface area contributed by atoms with Gasteiger partial charge in [0.2, 0.25) is 0 Å². The molecular formula is C11H16F3N3O2. The lowest BCUT2D eigenvalue weighted by molar-refractivity contribution is -0.145. The lowest BCUT2D eigenvalue weighted by Gasteiger charge is -2.28. The van der Waals surface area contributed by atoms with Crippen molar-refractivity contribution in [3.8, 4) is 0 Å². The zero-order chi connectivity index (χ0) is 14.8. The molecule has 0 spiro atoms. The predicted octanol–water partition coefficient (Wildman–Crippen LogP) is 1.74. The van der Waals surface area contributed by atoms with Crippen LogP contribution in [0.4, 0.5) is 13.2 Å². The molecule has 1 aromatic rings. The number of nitrogens with one attached hydrogen (secondary N) is 1. The van der Waals surface area contributed by atoms with Crippen molar-refractivity contribution in [3.05, 3.63) is 18.0 Å². The number of carbonyl (C=O) groups is 1. The van der Waals surface area contributed by atoms with Crippen LogP contribution in [0, 0.1) is 0 Å². The van der Waals surface area contributed by atoms with Gasteiger partial charge in [-0.1, -0.05) is 0 Å². The summed E-state index contributed by atoms with van der Waals surface area (Å²) in [5, 5.41) is 15.3. The molecule has 19 heavy (non-hydrogen) atoms. The van der Waals surface area contributed by atoms with Gasteiger partial charge in [0.25, 0.3) is 0 Å². The molecule has 0 saturated carbocycles. The van der Waals surface area contributed by atoms with Gasteiger partial charge in [0.05, 0.1) is 6.54 Å². The van der Waals surface area contributed by atoms with E-state index in [1.165, 1.54) is 6.92 Å². The summed E-state index contributed by atoms with van der Waals surface area (Å²) in [7, 11) is 0. The molecule has 1 heterocycles. The van der Waals surface area contributed by atoms with Crippen molar-refractivity contribution in [2.24, 2.45) is 0 Å². The molecule has 0 aliphatic heterocycles. The molecule has 0 radical (unpaired) electrons. The van der Waals surface area contributed by atoms with Gasteiger partial charge in [-0.05, 0) is 26.8 Å². The molecule has 2 N–H and O–H groups in total. The number of aliphatic carboxylic acids is 1. The van der Waals surface area contributed by atoms with Crippen LogP contribution in [0.2, 0.25) is 0 Å². The lowest BCUT2D eigenvalue weighted by atomic mass is 10.0. The fourth-order valence-corrected chi connectivity index (χ4v) is 1.74. The number of rotatable bonds is 5. The number of halogens is 3. The Hall–Kier alpha value is -1.57. The number of carboxylic acids is 1. The summed E-state index contributed by atoms with van der Waals surface area (Å²) in [5.74, 6) is -1.15. The normalized spacial score (nSPS) is 15.5. The van der Waals surface area contributed by atoms with E-state index in [0.717, 1.165) is 16.9 Å². The molecular weight excluding hydrogens is 263 g/mol. The van der Waals surface area contributed by atoms with Crippen molar-refractivity contribution in [2.45, 2.75) is 45.1 Å². The van der Waals surface area contributed by atoms with E-state index in [2.05, 4.69) is 10.4 Å². The zero-order valence-corrected chi connectivity index (χ0v) is 10.8. The van der Waals surface area contributed by atoms with E-state index in [4.69, 9.17) is 0 Å². The molecule has 0 bridgehead atoms. The maximum Gasteiger partial charge on any atom is 0.435 e. The van der Waals surface area contributed by atoms with Gasteiger partial charge in [-0.15, -0.1) is 0 Å². The third kappa shape index (κ3) is 3.95. The second-order valence-electron chi connectivity index (χ2n) is 4.83. The Bertz CT molecular complexity index is 456. The van der Waals surface area contributed by atoms with E-state index in [-0.39, 0.29) is 12.6 Å². The van der Waals surface area contributed by atoms with Crippen LogP contribution in [-0.4, -0.2) is 32.4 Å². The summed E-state index contributed by atoms with van der Waals surface area (Å²) in [6, 6.07) is 0.691. The molecule has 0 aliphatic rings. The van der Waals surface area contributed by atoms with Gasteiger partial charge in [0.1, 0.15) is 5.54 Å². The van der Waals surface area contributed by atoms with Gasteiger partial charge < -0.3 is 5.11 Å². The number of alkyl halides is 3. The Morgan fingerprint density at radius 2 is 2.11 bits per heavy atom. The summed E-state index contributed by atoms with van der Waals surface area (Å²) in [6.45, 7) is 4.72. The smallest absolute Gasteiger partial charge is 0.435 e. The summed E-state index contributed by atoms with van der Waals surface area (Å²) >= 11 is 0. The maximum absolute atomic E-state index is 12.4. The first-order valence-corrected chi connectivity index (χ1v) is 5.66. The molecule has 0 aliphatic carbocycles. The highest BCUT2D eigenvalue weighted by atomic mass is 19.4. The van der Waals surface area contributed by atoms with Crippen molar-refractivity contribution in [1.82, 2.24) is 15.1 Å². The molecule has 0 amide bonds. The number of carboxylic acid groups (broad SMARTS) is 1. The molecule has 0 fully saturated rings. The molecule has 0 aromatic carbocycles. The van der Waals surface area contributed by atoms with Crippen LogP contribution in [-0.2, 0) is 17.5 Å². The number of nitrogens with zero attached hydrogens (tertiary/aromatic N) is 2. The third-order valence-electron chi connectivity index (χ3n) is 2.49. The first-order chi connectivity index (χ1) is 8.54. The summed E-state index contributed by atoms with van der Waals surface area (Å²) < 4.78 is 38.2. The minimum atomic E-state index is -4.53. The number of hydrogen-bond acceptors (Lipinski definition) is 3. The molecule has 1 atom stereocenters. The highest BCUT2D eigenvalue weighted by molar-refractivity contribution is 5.78. The van der Waals surface area contributed by atoms with Crippen molar-refractivity contribution >= 4 is 5.97 Å². The average Bonchev–Trinajstić information content (AvgIpc) is 2.63. The van der Waals surface area contributed by atoms with Gasteiger partial charge >= 0.3 is 12.1 Å². The van der Waals surface area contributed by atoms with Crippen LogP contribution in [0.5, 0.6) is 0 Å². The second kappa shape index (κ2) is 5.20. The Labute approximate surface area is 108 Å². The van der Waals surface area contributed by atoms with Gasteiger partial charge in [0.15, 0.2) is 5.69 Å². The molecule has 108 valence electrons. The molecule has 1 unspecified atom stereocenters. The van der Waals surface area contributed by atoms with Gasteiger partial charge in [-0.25, -0.2) is 0 Å². The minimum Gasteiger partial charge on any atom is -0.480 e. The van der Waals surface area contributed by atoms with Crippen LogP contribution in [0.25, 0.3) is 0 Å². The van der Waals surface area contributed by atoms with Gasteiger partial charge in [-0.3, -0.25) is 14.8 Å². The Balaban J connectivity index is 2.92. The molecule has 1 rings (SSSR count). The largest absolute Gasteiger partial charge is 0.480 e. The van der Waals surface area contributed by atoms with Crippen LogP contribution in [0.1, 0.15) is 26.5 Å². The highest BCUT2D eigenvalue weighted by Crippen LogP contribution is 2.27.